The van der Waals surface area contributed by atoms with Crippen LogP contribution < -0.4 is 11.1 Å². The van der Waals surface area contributed by atoms with Crippen LogP contribution in [0.4, 0.5) is 11.6 Å². The highest BCUT2D eigenvalue weighted by atomic mass is 79.9. The van der Waals surface area contributed by atoms with Gasteiger partial charge in [0.2, 0.25) is 0 Å². The third-order valence-corrected chi connectivity index (χ3v) is 1.92. The molecule has 0 saturated heterocycles. The molecule has 0 unspecified atom stereocenters. The lowest BCUT2D eigenvalue weighted by Crippen LogP contribution is -2.02. The predicted molar refractivity (Wildman–Crippen MR) is 55.0 cm³/mol. The molecule has 0 saturated carbocycles. The highest BCUT2D eigenvalue weighted by Crippen LogP contribution is 2.20. The summed E-state index contributed by atoms with van der Waals surface area (Å²) in [6, 6.07) is 3.59. The second kappa shape index (κ2) is 4.11. The van der Waals surface area contributed by atoms with E-state index in [-0.39, 0.29) is 0 Å². The first kappa shape index (κ1) is 9.06. The number of halogens is 1. The van der Waals surface area contributed by atoms with Crippen LogP contribution in [0.1, 0.15) is 0 Å². The van der Waals surface area contributed by atoms with Gasteiger partial charge >= 0.3 is 0 Å². The number of nitrogens with two attached hydrogens (primary N) is 1. The zero-order chi connectivity index (χ0) is 8.97. The van der Waals surface area contributed by atoms with Crippen LogP contribution >= 0.6 is 15.9 Å². The van der Waals surface area contributed by atoms with Crippen LogP contribution in [0.2, 0.25) is 0 Å². The summed E-state index contributed by atoms with van der Waals surface area (Å²) >= 11 is 3.35. The van der Waals surface area contributed by atoms with E-state index in [1.807, 2.05) is 6.07 Å². The van der Waals surface area contributed by atoms with Crippen molar-refractivity contribution < 1.29 is 0 Å². The molecule has 0 spiro atoms. The zero-order valence-corrected chi connectivity index (χ0v) is 8.13. The van der Waals surface area contributed by atoms with Crippen molar-refractivity contribution >= 4 is 27.6 Å². The average molecular weight is 228 g/mol. The first-order valence-electron chi connectivity index (χ1n) is 3.51. The van der Waals surface area contributed by atoms with Crippen LogP contribution in [0.3, 0.4) is 0 Å². The van der Waals surface area contributed by atoms with Crippen LogP contribution in [-0.2, 0) is 0 Å². The standard InChI is InChI=1S/C8H10BrN3/c1-2-5-11-8-6(9)3-4-7(10)12-8/h2-4H,1,5H2,(H3,10,11,12). The van der Waals surface area contributed by atoms with Crippen molar-refractivity contribution in [3.8, 4) is 0 Å². The summed E-state index contributed by atoms with van der Waals surface area (Å²) in [7, 11) is 0. The summed E-state index contributed by atoms with van der Waals surface area (Å²) in [6.45, 7) is 4.27. The Morgan fingerprint density at radius 1 is 1.67 bits per heavy atom. The number of hydrogen-bond donors (Lipinski definition) is 2. The zero-order valence-electron chi connectivity index (χ0n) is 6.55. The fraction of sp³-hybridized carbons (Fsp3) is 0.125. The minimum Gasteiger partial charge on any atom is -0.384 e. The van der Waals surface area contributed by atoms with Crippen LogP contribution in [0.15, 0.2) is 29.3 Å². The van der Waals surface area contributed by atoms with Crippen molar-refractivity contribution in [1.82, 2.24) is 4.98 Å². The van der Waals surface area contributed by atoms with Crippen LogP contribution in [0.5, 0.6) is 0 Å². The van der Waals surface area contributed by atoms with Crippen LogP contribution in [-0.4, -0.2) is 11.5 Å². The molecule has 0 aliphatic carbocycles. The quantitative estimate of drug-likeness (QED) is 0.778. The number of aromatic nitrogens is 1. The minimum atomic E-state index is 0.504. The molecule has 3 nitrogen and oxygen atoms in total. The van der Waals surface area contributed by atoms with Gasteiger partial charge in [0.25, 0.3) is 0 Å². The Hall–Kier alpha value is -1.03. The molecular weight excluding hydrogens is 218 g/mol. The Balaban J connectivity index is 2.82. The van der Waals surface area contributed by atoms with E-state index in [2.05, 4.69) is 32.8 Å². The Labute approximate surface area is 79.8 Å². The first-order valence-corrected chi connectivity index (χ1v) is 4.30. The number of nitrogens with zero attached hydrogens (tertiary/aromatic N) is 1. The minimum absolute atomic E-state index is 0.504. The van der Waals surface area contributed by atoms with Gasteiger partial charge in [0.15, 0.2) is 0 Å². The van der Waals surface area contributed by atoms with Gasteiger partial charge < -0.3 is 11.1 Å². The smallest absolute Gasteiger partial charge is 0.142 e. The Morgan fingerprint density at radius 2 is 2.42 bits per heavy atom. The summed E-state index contributed by atoms with van der Waals surface area (Å²) in [6.07, 6.45) is 1.76. The summed E-state index contributed by atoms with van der Waals surface area (Å²) in [5, 5.41) is 3.05. The van der Waals surface area contributed by atoms with Gasteiger partial charge in [0.05, 0.1) is 4.47 Å². The third-order valence-electron chi connectivity index (χ3n) is 1.28. The number of nitrogen functional groups attached to an aromatic ring is 1. The van der Waals surface area contributed by atoms with E-state index in [0.717, 1.165) is 10.3 Å². The van der Waals surface area contributed by atoms with Gasteiger partial charge in [-0.25, -0.2) is 4.98 Å². The monoisotopic (exact) mass is 227 g/mol. The lowest BCUT2D eigenvalue weighted by atomic mass is 10.4. The highest BCUT2D eigenvalue weighted by Gasteiger charge is 1.98. The highest BCUT2D eigenvalue weighted by molar-refractivity contribution is 9.10. The number of hydrogen-bond acceptors (Lipinski definition) is 3. The third kappa shape index (κ3) is 2.23. The molecule has 0 fully saturated rings. The summed E-state index contributed by atoms with van der Waals surface area (Å²) in [5.41, 5.74) is 5.50. The second-order valence-electron chi connectivity index (χ2n) is 2.24. The average Bonchev–Trinajstić information content (AvgIpc) is 2.07. The predicted octanol–water partition coefficient (Wildman–Crippen LogP) is 2.02. The van der Waals surface area contributed by atoms with Crippen molar-refractivity contribution in [3.05, 3.63) is 29.3 Å². The molecule has 0 aliphatic heterocycles. The number of nitrogens with one attached hydrogen (secondary N) is 1. The lowest BCUT2D eigenvalue weighted by Gasteiger charge is -2.04. The largest absolute Gasteiger partial charge is 0.384 e. The van der Waals surface area contributed by atoms with Crippen molar-refractivity contribution in [2.24, 2.45) is 0 Å². The molecule has 0 amide bonds. The van der Waals surface area contributed by atoms with Gasteiger partial charge in [-0.1, -0.05) is 6.08 Å². The van der Waals surface area contributed by atoms with E-state index in [1.54, 1.807) is 12.1 Å². The van der Waals surface area contributed by atoms with Gasteiger partial charge in [-0.15, -0.1) is 6.58 Å². The molecule has 1 rings (SSSR count). The van der Waals surface area contributed by atoms with E-state index in [1.165, 1.54) is 0 Å². The second-order valence-corrected chi connectivity index (χ2v) is 3.09. The van der Waals surface area contributed by atoms with Crippen molar-refractivity contribution in [2.75, 3.05) is 17.6 Å². The van der Waals surface area contributed by atoms with Crippen molar-refractivity contribution in [3.63, 3.8) is 0 Å². The number of rotatable bonds is 3. The Kier molecular flexibility index (Phi) is 3.10. The van der Waals surface area contributed by atoms with Crippen LogP contribution in [0.25, 0.3) is 0 Å². The van der Waals surface area contributed by atoms with Gasteiger partial charge in [0.1, 0.15) is 11.6 Å². The van der Waals surface area contributed by atoms with Crippen molar-refractivity contribution in [2.45, 2.75) is 0 Å². The summed E-state index contributed by atoms with van der Waals surface area (Å²) in [4.78, 5) is 4.08. The molecule has 3 N–H and O–H groups in total. The number of pyridine rings is 1. The topological polar surface area (TPSA) is 50.9 Å². The SMILES string of the molecule is C=CCNc1nc(N)ccc1Br. The molecule has 1 aromatic rings. The van der Waals surface area contributed by atoms with Gasteiger partial charge in [0, 0.05) is 6.54 Å². The molecule has 4 heteroatoms. The van der Waals surface area contributed by atoms with E-state index in [9.17, 15) is 0 Å². The molecule has 1 heterocycles. The van der Waals surface area contributed by atoms with E-state index >= 15 is 0 Å². The Morgan fingerprint density at radius 3 is 3.08 bits per heavy atom. The van der Waals surface area contributed by atoms with Gasteiger partial charge in [-0.05, 0) is 28.1 Å². The maximum Gasteiger partial charge on any atom is 0.142 e. The van der Waals surface area contributed by atoms with Gasteiger partial charge in [-0.2, -0.15) is 0 Å². The maximum atomic E-state index is 5.50. The molecule has 0 aliphatic rings. The lowest BCUT2D eigenvalue weighted by molar-refractivity contribution is 1.22. The fourth-order valence-electron chi connectivity index (χ4n) is 0.750. The van der Waals surface area contributed by atoms with Crippen LogP contribution in [0, 0.1) is 0 Å². The molecule has 0 bridgehead atoms. The Bertz CT molecular complexity index is 286. The molecule has 64 valence electrons. The summed E-state index contributed by atoms with van der Waals surface area (Å²) in [5.74, 6) is 1.25. The summed E-state index contributed by atoms with van der Waals surface area (Å²) < 4.78 is 0.901. The van der Waals surface area contributed by atoms with E-state index in [4.69, 9.17) is 5.73 Å². The molecule has 0 radical (unpaired) electrons. The fourth-order valence-corrected chi connectivity index (χ4v) is 1.11. The van der Waals surface area contributed by atoms with Gasteiger partial charge in [-0.3, -0.25) is 0 Å². The first-order chi connectivity index (χ1) is 5.74. The van der Waals surface area contributed by atoms with Crippen molar-refractivity contribution in [1.29, 1.82) is 0 Å². The molecular formula is C8H10BrN3. The van der Waals surface area contributed by atoms with E-state index < -0.39 is 0 Å². The molecule has 1 aromatic heterocycles. The maximum absolute atomic E-state index is 5.50. The van der Waals surface area contributed by atoms with E-state index in [0.29, 0.717) is 12.4 Å². The molecule has 0 atom stereocenters. The normalized spacial score (nSPS) is 9.42. The molecule has 12 heavy (non-hydrogen) atoms. The molecule has 0 aromatic carbocycles. The number of anilines is 2.